The van der Waals surface area contributed by atoms with Gasteiger partial charge in [0.15, 0.2) is 17.5 Å². The summed E-state index contributed by atoms with van der Waals surface area (Å²) in [6.07, 6.45) is 4.27. The maximum absolute atomic E-state index is 14.4. The molecule has 0 radical (unpaired) electrons. The van der Waals surface area contributed by atoms with Gasteiger partial charge in [0.2, 0.25) is 5.95 Å². The van der Waals surface area contributed by atoms with Crippen LogP contribution < -0.4 is 16.0 Å². The number of fused-ring (bicyclic) bond motifs is 1. The van der Waals surface area contributed by atoms with E-state index in [9.17, 15) is 23.5 Å². The number of nitrogens with zero attached hydrogens (tertiary/aromatic N) is 4. The van der Waals surface area contributed by atoms with Gasteiger partial charge in [0, 0.05) is 48.7 Å². The number of carbonyl (C=O) groups is 2. The highest BCUT2D eigenvalue weighted by Gasteiger charge is 2.43. The van der Waals surface area contributed by atoms with Crippen molar-refractivity contribution in [2.75, 3.05) is 30.4 Å². The van der Waals surface area contributed by atoms with Crippen molar-refractivity contribution in [3.05, 3.63) is 69.9 Å². The number of aryl methyl sites for hydroxylation is 1. The molecular weight excluding hydrogens is 518 g/mol. The van der Waals surface area contributed by atoms with E-state index in [0.29, 0.717) is 11.5 Å². The molecule has 0 saturated heterocycles. The molecule has 2 aliphatic heterocycles. The number of likely N-dealkylation sites (N-methyl/N-ethyl adjacent to an activating group) is 1. The summed E-state index contributed by atoms with van der Waals surface area (Å²) in [7, 11) is 2.12. The van der Waals surface area contributed by atoms with E-state index in [1.54, 1.807) is 6.92 Å². The number of aliphatic carboxylic acids is 1. The molecule has 40 heavy (non-hydrogen) atoms. The first-order valence-corrected chi connectivity index (χ1v) is 13.3. The molecular formula is C29H30F2N6O3. The summed E-state index contributed by atoms with van der Waals surface area (Å²) in [5, 5.41) is 12.8. The van der Waals surface area contributed by atoms with E-state index in [4.69, 9.17) is 5.73 Å². The molecule has 6 rings (SSSR count). The third-order valence-electron chi connectivity index (χ3n) is 8.30. The lowest BCUT2D eigenvalue weighted by Crippen LogP contribution is -2.33. The molecule has 0 fully saturated rings. The number of carbonyl (C=O) groups excluding carboxylic acids is 1. The largest absolute Gasteiger partial charge is 0.481 e. The van der Waals surface area contributed by atoms with E-state index in [0.717, 1.165) is 43.8 Å². The first kappa shape index (κ1) is 26.1. The average Bonchev–Trinajstić information content (AvgIpc) is 3.14. The van der Waals surface area contributed by atoms with Gasteiger partial charge in [-0.2, -0.15) is 4.98 Å². The third-order valence-corrected chi connectivity index (χ3v) is 8.30. The van der Waals surface area contributed by atoms with Crippen molar-refractivity contribution in [1.29, 1.82) is 0 Å². The van der Waals surface area contributed by atoms with Gasteiger partial charge in [-0.3, -0.25) is 9.59 Å². The minimum atomic E-state index is -1.09. The lowest BCUT2D eigenvalue weighted by atomic mass is 9.77. The summed E-state index contributed by atoms with van der Waals surface area (Å²) in [5.41, 5.74) is 9.93. The second-order valence-electron chi connectivity index (χ2n) is 11.4. The quantitative estimate of drug-likeness (QED) is 0.415. The monoisotopic (exact) mass is 548 g/mol. The van der Waals surface area contributed by atoms with Gasteiger partial charge in [0.25, 0.3) is 5.91 Å². The lowest BCUT2D eigenvalue weighted by Gasteiger charge is -2.37. The smallest absolute Gasteiger partial charge is 0.304 e. The van der Waals surface area contributed by atoms with Gasteiger partial charge < -0.3 is 26.0 Å². The molecule has 3 aromatic rings. The summed E-state index contributed by atoms with van der Waals surface area (Å²) < 4.78 is 28.7. The van der Waals surface area contributed by atoms with E-state index < -0.39 is 28.9 Å². The molecule has 2 unspecified atom stereocenters. The van der Waals surface area contributed by atoms with Crippen LogP contribution in [0, 0.1) is 11.6 Å². The molecule has 2 aromatic carbocycles. The van der Waals surface area contributed by atoms with Gasteiger partial charge in [-0.25, -0.2) is 13.8 Å². The van der Waals surface area contributed by atoms with Gasteiger partial charge in [0.1, 0.15) is 5.56 Å². The number of primary amides is 1. The number of nitrogens with two attached hydrogens (primary N) is 1. The normalized spacial score (nSPS) is 21.6. The maximum Gasteiger partial charge on any atom is 0.304 e. The van der Waals surface area contributed by atoms with E-state index in [1.807, 2.05) is 0 Å². The zero-order valence-electron chi connectivity index (χ0n) is 22.3. The zero-order valence-corrected chi connectivity index (χ0v) is 22.3. The molecule has 3 aliphatic rings. The standard InChI is InChI=1S/C29H30F2N6O3/c1-29(10-24(38)39)14-37(23-9-22(31)21(30)8-20(23)29)27-19(26(32)40)11-33-28(35-27)34-18-6-15-4-3-5-16-12-36(2)13-17(7-18)25(15)16/h6-9,11,16H,3-5,10,12-14H2,1-2H3,(H2,32,40)(H,38,39)(H,33,34,35). The number of carboxylic acids is 1. The molecule has 0 bridgehead atoms. The second-order valence-corrected chi connectivity index (χ2v) is 11.4. The minimum absolute atomic E-state index is 0.0188. The molecule has 4 N–H and O–H groups in total. The number of hydrogen-bond acceptors (Lipinski definition) is 7. The molecule has 1 amide bonds. The van der Waals surface area contributed by atoms with Crippen molar-refractivity contribution in [2.45, 2.75) is 50.5 Å². The van der Waals surface area contributed by atoms with E-state index >= 15 is 0 Å². The zero-order chi connectivity index (χ0) is 28.3. The van der Waals surface area contributed by atoms with E-state index in [1.165, 1.54) is 34.2 Å². The number of aromatic nitrogens is 2. The number of amides is 1. The number of hydrogen-bond donors (Lipinski definition) is 3. The summed E-state index contributed by atoms with van der Waals surface area (Å²) >= 11 is 0. The molecule has 2 atom stereocenters. The van der Waals surface area contributed by atoms with Gasteiger partial charge >= 0.3 is 5.97 Å². The molecule has 1 aliphatic carbocycles. The van der Waals surface area contributed by atoms with Crippen molar-refractivity contribution in [3.63, 3.8) is 0 Å². The summed E-state index contributed by atoms with van der Waals surface area (Å²) in [6.45, 7) is 3.57. The highest BCUT2D eigenvalue weighted by Crippen LogP contribution is 2.47. The van der Waals surface area contributed by atoms with Crippen LogP contribution in [-0.2, 0) is 23.2 Å². The molecule has 208 valence electrons. The van der Waals surface area contributed by atoms with Crippen molar-refractivity contribution >= 4 is 35.0 Å². The maximum atomic E-state index is 14.4. The SMILES string of the molecule is CN1Cc2cc(Nc3ncc(C(N)=O)c(N4CC(C)(CC(=O)O)c5cc(F)c(F)cc54)n3)cc3c2C(CCC3)C1. The Kier molecular flexibility index (Phi) is 6.21. The van der Waals surface area contributed by atoms with Gasteiger partial charge in [0.05, 0.1) is 6.42 Å². The number of rotatable bonds is 6. The number of nitrogens with one attached hydrogen (secondary N) is 1. The Bertz CT molecular complexity index is 1560. The molecule has 0 saturated carbocycles. The fourth-order valence-electron chi connectivity index (χ4n) is 6.69. The molecule has 1 aromatic heterocycles. The number of anilines is 4. The third kappa shape index (κ3) is 4.43. The Morgan fingerprint density at radius 2 is 1.95 bits per heavy atom. The Balaban J connectivity index is 1.41. The summed E-state index contributed by atoms with van der Waals surface area (Å²) in [5.74, 6) is -3.26. The van der Waals surface area contributed by atoms with Crippen LogP contribution in [0.1, 0.15) is 64.7 Å². The highest BCUT2D eigenvalue weighted by atomic mass is 19.2. The number of halogens is 2. The van der Waals surface area contributed by atoms with E-state index in [2.05, 4.69) is 39.4 Å². The van der Waals surface area contributed by atoms with Crippen molar-refractivity contribution in [2.24, 2.45) is 5.73 Å². The molecule has 11 heteroatoms. The molecule has 3 heterocycles. The van der Waals surface area contributed by atoms with Gasteiger partial charge in [-0.05, 0) is 72.7 Å². The van der Waals surface area contributed by atoms with Crippen LogP contribution in [0.4, 0.5) is 31.9 Å². The predicted octanol–water partition coefficient (Wildman–Crippen LogP) is 4.35. The number of carboxylic acid groups (broad SMARTS) is 1. The molecule has 0 spiro atoms. The first-order valence-electron chi connectivity index (χ1n) is 13.3. The second kappa shape index (κ2) is 9.51. The van der Waals surface area contributed by atoms with Crippen LogP contribution in [0.15, 0.2) is 30.5 Å². The predicted molar refractivity (Wildman–Crippen MR) is 145 cm³/mol. The minimum Gasteiger partial charge on any atom is -0.481 e. The van der Waals surface area contributed by atoms with Crippen LogP contribution in [0.2, 0.25) is 0 Å². The Morgan fingerprint density at radius 3 is 2.70 bits per heavy atom. The fraction of sp³-hybridized carbons (Fsp3) is 0.379. The van der Waals surface area contributed by atoms with Crippen LogP contribution in [-0.4, -0.2) is 52.0 Å². The van der Waals surface area contributed by atoms with E-state index in [-0.39, 0.29) is 36.0 Å². The van der Waals surface area contributed by atoms with Crippen molar-refractivity contribution < 1.29 is 23.5 Å². The highest BCUT2D eigenvalue weighted by molar-refractivity contribution is 5.99. The van der Waals surface area contributed by atoms with Gasteiger partial charge in [-0.15, -0.1) is 0 Å². The van der Waals surface area contributed by atoms with Crippen LogP contribution in [0.25, 0.3) is 0 Å². The first-order chi connectivity index (χ1) is 19.0. The van der Waals surface area contributed by atoms with Crippen molar-refractivity contribution in [3.8, 4) is 0 Å². The Morgan fingerprint density at radius 1 is 1.20 bits per heavy atom. The van der Waals surface area contributed by atoms with Crippen LogP contribution in [0.3, 0.4) is 0 Å². The van der Waals surface area contributed by atoms with Crippen LogP contribution in [0.5, 0.6) is 0 Å². The average molecular weight is 549 g/mol. The molecule has 9 nitrogen and oxygen atoms in total. The van der Waals surface area contributed by atoms with Gasteiger partial charge in [-0.1, -0.05) is 6.92 Å². The van der Waals surface area contributed by atoms with Crippen LogP contribution >= 0.6 is 0 Å². The topological polar surface area (TPSA) is 125 Å². The Labute approximate surface area is 230 Å². The lowest BCUT2D eigenvalue weighted by molar-refractivity contribution is -0.138. The fourth-order valence-corrected chi connectivity index (χ4v) is 6.69. The Hall–Kier alpha value is -4.12. The number of benzene rings is 2. The van der Waals surface area contributed by atoms with Crippen molar-refractivity contribution in [1.82, 2.24) is 14.9 Å². The summed E-state index contributed by atoms with van der Waals surface area (Å²) in [6, 6.07) is 6.24. The summed E-state index contributed by atoms with van der Waals surface area (Å²) in [4.78, 5) is 36.9.